The van der Waals surface area contributed by atoms with Crippen LogP contribution in [0.5, 0.6) is 0 Å². The Morgan fingerprint density at radius 1 is 0.595 bits per heavy atom. The molecule has 5 aromatic rings. The lowest BCUT2D eigenvalue weighted by molar-refractivity contribution is 1.08. The molecule has 1 unspecified atom stereocenters. The van der Waals surface area contributed by atoms with Crippen LogP contribution < -0.4 is 26.1 Å². The van der Waals surface area contributed by atoms with Gasteiger partial charge in [0.25, 0.3) is 0 Å². The van der Waals surface area contributed by atoms with Crippen molar-refractivity contribution in [2.75, 3.05) is 10.2 Å². The van der Waals surface area contributed by atoms with Gasteiger partial charge in [-0.05, 0) is 5.31 Å². The lowest BCUT2D eigenvalue weighted by atomic mass is 10.2. The van der Waals surface area contributed by atoms with Gasteiger partial charge in [0.05, 0.1) is 16.1 Å². The van der Waals surface area contributed by atoms with Crippen LogP contribution in [0.2, 0.25) is 0 Å². The molecule has 0 aliphatic heterocycles. The van der Waals surface area contributed by atoms with Gasteiger partial charge >= 0.3 is 0 Å². The second kappa shape index (κ2) is 16.1. The van der Waals surface area contributed by atoms with Gasteiger partial charge in [-0.2, -0.15) is 15.0 Å². The van der Waals surface area contributed by atoms with Crippen molar-refractivity contribution in [3.05, 3.63) is 158 Å². The van der Waals surface area contributed by atoms with Crippen molar-refractivity contribution >= 4 is 44.0 Å². The van der Waals surface area contributed by atoms with Crippen LogP contribution in [-0.4, -0.2) is 15.0 Å². The summed E-state index contributed by atoms with van der Waals surface area (Å²) < 4.78 is 0. The van der Waals surface area contributed by atoms with Gasteiger partial charge in [0.1, 0.15) is 0 Å². The second-order valence-corrected chi connectivity index (χ2v) is 12.5. The Morgan fingerprint density at radius 3 is 1.52 bits per heavy atom. The molecule has 0 saturated carbocycles. The van der Waals surface area contributed by atoms with Crippen molar-refractivity contribution < 1.29 is 0 Å². The molecule has 0 fully saturated rings. The smallest absolute Gasteiger partial charge is 0.231 e. The van der Waals surface area contributed by atoms with Crippen LogP contribution in [0.4, 0.5) is 11.9 Å². The summed E-state index contributed by atoms with van der Waals surface area (Å²) in [5, 5.41) is 11.8. The fourth-order valence-electron chi connectivity index (χ4n) is 4.03. The van der Waals surface area contributed by atoms with Crippen LogP contribution in [-0.2, 0) is 0 Å². The first kappa shape index (κ1) is 30.5. The van der Waals surface area contributed by atoms with Crippen molar-refractivity contribution in [2.45, 2.75) is 13.8 Å². The van der Waals surface area contributed by atoms with Crippen LogP contribution in [0.25, 0.3) is 11.4 Å². The van der Waals surface area contributed by atoms with Crippen LogP contribution in [0.1, 0.15) is 13.8 Å². The Balaban J connectivity index is 0.00000198. The van der Waals surface area contributed by atoms with Crippen molar-refractivity contribution in [3.63, 3.8) is 0 Å². The number of allylic oxidation sites excluding steroid dienone is 4. The topological polar surface area (TPSA) is 62.7 Å². The van der Waals surface area contributed by atoms with Crippen molar-refractivity contribution in [1.29, 1.82) is 0 Å². The zero-order valence-corrected chi connectivity index (χ0v) is 25.7. The van der Waals surface area contributed by atoms with Gasteiger partial charge in [0.15, 0.2) is 5.82 Å². The van der Waals surface area contributed by atoms with Gasteiger partial charge in [-0.3, -0.25) is 0 Å². The molecule has 0 spiro atoms. The molecule has 0 bridgehead atoms. The molecule has 5 nitrogen and oxygen atoms in total. The van der Waals surface area contributed by atoms with E-state index in [0.29, 0.717) is 17.7 Å². The summed E-state index contributed by atoms with van der Waals surface area (Å²) in [5.41, 5.74) is 0.911. The molecular weight excluding hydrogens is 552 g/mol. The van der Waals surface area contributed by atoms with Gasteiger partial charge < -0.3 is 10.2 Å². The van der Waals surface area contributed by atoms with E-state index in [1.54, 1.807) is 6.08 Å². The highest BCUT2D eigenvalue weighted by Gasteiger charge is 2.20. The zero-order chi connectivity index (χ0) is 29.6. The fourth-order valence-corrected chi connectivity index (χ4v) is 7.59. The molecular formula is C35H35N5P2. The molecule has 1 heterocycles. The molecule has 4 aromatic carbocycles. The van der Waals surface area contributed by atoms with E-state index in [4.69, 9.17) is 15.0 Å². The van der Waals surface area contributed by atoms with Crippen molar-refractivity contribution in [3.8, 4) is 11.4 Å². The van der Waals surface area contributed by atoms with Crippen molar-refractivity contribution in [2.24, 2.45) is 0 Å². The van der Waals surface area contributed by atoms with Crippen LogP contribution >= 0.6 is 16.1 Å². The first-order valence-corrected chi connectivity index (χ1v) is 16.5. The number of hydrogen-bond acceptors (Lipinski definition) is 5. The molecule has 1 aromatic heterocycles. The maximum atomic E-state index is 4.89. The molecule has 0 saturated heterocycles. The minimum absolute atomic E-state index is 0.485. The number of benzene rings is 4. The van der Waals surface area contributed by atoms with E-state index in [1.807, 2.05) is 86.7 Å². The first-order chi connectivity index (χ1) is 20.7. The molecule has 7 heteroatoms. The van der Waals surface area contributed by atoms with Gasteiger partial charge in [-0.25, -0.2) is 0 Å². The molecule has 210 valence electrons. The maximum Gasteiger partial charge on any atom is 0.231 e. The number of nitrogens with one attached hydrogen (secondary N) is 2. The highest BCUT2D eigenvalue weighted by atomic mass is 31.1. The van der Waals surface area contributed by atoms with Gasteiger partial charge in [-0.15, -0.1) is 0 Å². The summed E-state index contributed by atoms with van der Waals surface area (Å²) in [6.45, 7) is 12.0. The highest BCUT2D eigenvalue weighted by molar-refractivity contribution is 7.74. The molecule has 2 N–H and O–H groups in total. The Labute approximate surface area is 251 Å². The Kier molecular flexibility index (Phi) is 11.7. The number of nitrogens with zero attached hydrogens (tertiary/aromatic N) is 3. The van der Waals surface area contributed by atoms with E-state index < -0.39 is 16.1 Å². The minimum Gasteiger partial charge on any atom is -0.325 e. The number of hydrogen-bond donors (Lipinski definition) is 2. The number of aromatic nitrogens is 3. The third-order valence-electron chi connectivity index (χ3n) is 5.89. The average Bonchev–Trinajstić information content (AvgIpc) is 3.07. The van der Waals surface area contributed by atoms with Crippen LogP contribution in [0.3, 0.4) is 0 Å². The van der Waals surface area contributed by atoms with E-state index in [9.17, 15) is 0 Å². The van der Waals surface area contributed by atoms with E-state index >= 15 is 0 Å². The van der Waals surface area contributed by atoms with Gasteiger partial charge in [-0.1, -0.05) is 167 Å². The zero-order valence-electron chi connectivity index (χ0n) is 23.9. The Morgan fingerprint density at radius 2 is 1.05 bits per heavy atom. The summed E-state index contributed by atoms with van der Waals surface area (Å²) in [7, 11) is -2.03. The SMILES string of the molecule is C=C/C=C(\C=C)P(Nc1nc(NP(c2ccccc2)c2ccccc2)nc(-c2ccccc2)n1)c1ccccc1.CC. The van der Waals surface area contributed by atoms with Crippen molar-refractivity contribution in [1.82, 2.24) is 15.0 Å². The fraction of sp³-hybridized carbons (Fsp3) is 0.0571. The normalized spacial score (nSPS) is 11.5. The average molecular weight is 588 g/mol. The summed E-state index contributed by atoms with van der Waals surface area (Å²) in [4.78, 5) is 14.6. The molecule has 0 amide bonds. The Hall–Kier alpha value is -4.43. The first-order valence-electron chi connectivity index (χ1n) is 13.8. The quantitative estimate of drug-likeness (QED) is 0.120. The molecule has 1 atom stereocenters. The minimum atomic E-state index is -1.06. The standard InChI is InChI=1S/C33H29N5P2.C2H6/c1-3-17-27(4-2)39(28-20-11-6-12-21-28)37-32-34-31(26-18-9-5-10-19-26)35-33(36-32)38-40(29-22-13-7-14-23-29)30-24-15-8-16-25-30;1-2/h3-25H,1-2H2,(H2,34,35,36,37,38);1-2H3/b27-17+;. The number of rotatable bonds is 11. The maximum absolute atomic E-state index is 4.89. The predicted molar refractivity (Wildman–Crippen MR) is 184 cm³/mol. The lowest BCUT2D eigenvalue weighted by Gasteiger charge is -2.22. The predicted octanol–water partition coefficient (Wildman–Crippen LogP) is 8.41. The Bertz CT molecular complexity index is 1540. The molecule has 42 heavy (non-hydrogen) atoms. The van der Waals surface area contributed by atoms with Gasteiger partial charge in [0.2, 0.25) is 11.9 Å². The largest absolute Gasteiger partial charge is 0.325 e. The number of anilines is 2. The van der Waals surface area contributed by atoms with E-state index in [1.165, 1.54) is 10.6 Å². The van der Waals surface area contributed by atoms with Crippen LogP contribution in [0.15, 0.2) is 158 Å². The lowest BCUT2D eigenvalue weighted by Crippen LogP contribution is -2.19. The summed E-state index contributed by atoms with van der Waals surface area (Å²) in [5.74, 6) is 1.58. The molecule has 0 aliphatic rings. The van der Waals surface area contributed by atoms with E-state index in [2.05, 4.69) is 84.0 Å². The second-order valence-electron chi connectivity index (χ2n) is 8.60. The van der Waals surface area contributed by atoms with E-state index in [-0.39, 0.29) is 0 Å². The molecule has 0 aliphatic carbocycles. The van der Waals surface area contributed by atoms with E-state index in [0.717, 1.165) is 16.2 Å². The summed E-state index contributed by atoms with van der Waals surface area (Å²) in [6, 6.07) is 41.1. The third kappa shape index (κ3) is 8.07. The monoisotopic (exact) mass is 587 g/mol. The summed E-state index contributed by atoms with van der Waals surface area (Å²) in [6.07, 6.45) is 5.61. The summed E-state index contributed by atoms with van der Waals surface area (Å²) >= 11 is 0. The van der Waals surface area contributed by atoms with Gasteiger partial charge in [0, 0.05) is 21.5 Å². The third-order valence-corrected chi connectivity index (χ3v) is 10.0. The molecule has 5 rings (SSSR count). The highest BCUT2D eigenvalue weighted by Crippen LogP contribution is 2.44. The van der Waals surface area contributed by atoms with Crippen LogP contribution in [0, 0.1) is 0 Å². The molecule has 0 radical (unpaired) electrons.